The third kappa shape index (κ3) is 4.28. The monoisotopic (exact) mass is 375 g/mol. The number of carbonyl (C=O) groups is 1. The van der Waals surface area contributed by atoms with Gasteiger partial charge in [0.25, 0.3) is 5.91 Å². The van der Waals surface area contributed by atoms with Crippen molar-refractivity contribution in [1.82, 2.24) is 14.9 Å². The highest BCUT2D eigenvalue weighted by Crippen LogP contribution is 2.27. The fourth-order valence-electron chi connectivity index (χ4n) is 3.21. The molecule has 0 aliphatic carbocycles. The molecule has 28 heavy (non-hydrogen) atoms. The first-order valence-corrected chi connectivity index (χ1v) is 9.33. The number of para-hydroxylation sites is 2. The number of hydrogen-bond donors (Lipinski definition) is 0. The van der Waals surface area contributed by atoms with Crippen molar-refractivity contribution in [3.8, 4) is 17.4 Å². The molecule has 142 valence electrons. The van der Waals surface area contributed by atoms with Crippen molar-refractivity contribution >= 4 is 5.91 Å². The molecule has 6 nitrogen and oxygen atoms in total. The molecule has 3 aromatic rings. The lowest BCUT2D eigenvalue weighted by Gasteiger charge is -2.32. The Labute approximate surface area is 163 Å². The van der Waals surface area contributed by atoms with E-state index in [0.29, 0.717) is 36.0 Å². The van der Waals surface area contributed by atoms with Crippen LogP contribution in [-0.4, -0.2) is 40.0 Å². The minimum atomic E-state index is -0.0236. The minimum Gasteiger partial charge on any atom is -0.473 e. The number of hydrogen-bond acceptors (Lipinski definition) is 5. The minimum absolute atomic E-state index is 0.0236. The predicted molar refractivity (Wildman–Crippen MR) is 105 cm³/mol. The lowest BCUT2D eigenvalue weighted by Crippen LogP contribution is -2.42. The number of carbonyl (C=O) groups excluding carboxylic acids is 1. The number of ether oxygens (including phenoxy) is 2. The highest BCUT2D eigenvalue weighted by molar-refractivity contribution is 5.97. The van der Waals surface area contributed by atoms with Crippen molar-refractivity contribution in [3.05, 3.63) is 78.8 Å². The molecule has 0 radical (unpaired) electrons. The molecule has 1 aromatic heterocycles. The molecular formula is C22H21N3O3. The Balaban J connectivity index is 1.40. The van der Waals surface area contributed by atoms with Crippen LogP contribution in [0.2, 0.25) is 0 Å². The third-order valence-corrected chi connectivity index (χ3v) is 4.64. The van der Waals surface area contributed by atoms with Gasteiger partial charge < -0.3 is 14.4 Å². The number of aromatic nitrogens is 2. The fourth-order valence-corrected chi connectivity index (χ4v) is 3.21. The molecule has 1 aliphatic rings. The number of nitrogens with zero attached hydrogens (tertiary/aromatic N) is 3. The van der Waals surface area contributed by atoms with E-state index in [2.05, 4.69) is 9.97 Å². The van der Waals surface area contributed by atoms with E-state index in [1.54, 1.807) is 18.6 Å². The van der Waals surface area contributed by atoms with Crippen LogP contribution in [0.3, 0.4) is 0 Å². The Morgan fingerprint density at radius 1 is 0.964 bits per heavy atom. The molecular weight excluding hydrogens is 354 g/mol. The van der Waals surface area contributed by atoms with Crippen LogP contribution >= 0.6 is 0 Å². The lowest BCUT2D eigenvalue weighted by atomic mass is 10.1. The quantitative estimate of drug-likeness (QED) is 0.676. The van der Waals surface area contributed by atoms with Crippen molar-refractivity contribution in [1.29, 1.82) is 0 Å². The van der Waals surface area contributed by atoms with E-state index in [-0.39, 0.29) is 12.0 Å². The van der Waals surface area contributed by atoms with Crippen LogP contribution in [0.4, 0.5) is 0 Å². The number of likely N-dealkylation sites (tertiary alicyclic amines) is 1. The zero-order valence-corrected chi connectivity index (χ0v) is 15.4. The van der Waals surface area contributed by atoms with Crippen molar-refractivity contribution in [2.24, 2.45) is 0 Å². The number of piperidine rings is 1. The second-order valence-corrected chi connectivity index (χ2v) is 6.56. The Kier molecular flexibility index (Phi) is 5.47. The fraction of sp³-hybridized carbons (Fsp3) is 0.227. The van der Waals surface area contributed by atoms with Gasteiger partial charge in [-0.3, -0.25) is 9.78 Å². The molecule has 0 unspecified atom stereocenters. The van der Waals surface area contributed by atoms with Gasteiger partial charge in [-0.05, 0) is 24.3 Å². The normalized spacial score (nSPS) is 14.5. The topological polar surface area (TPSA) is 64.5 Å². The number of amides is 1. The van der Waals surface area contributed by atoms with E-state index in [1.165, 1.54) is 0 Å². The zero-order chi connectivity index (χ0) is 19.2. The zero-order valence-electron chi connectivity index (χ0n) is 15.4. The first-order chi connectivity index (χ1) is 13.8. The molecule has 0 atom stereocenters. The van der Waals surface area contributed by atoms with Gasteiger partial charge in [0.15, 0.2) is 0 Å². The Morgan fingerprint density at radius 3 is 2.46 bits per heavy atom. The maximum atomic E-state index is 13.1. The van der Waals surface area contributed by atoms with E-state index in [4.69, 9.17) is 9.47 Å². The van der Waals surface area contributed by atoms with Gasteiger partial charge in [-0.2, -0.15) is 0 Å². The summed E-state index contributed by atoms with van der Waals surface area (Å²) in [5, 5.41) is 0. The molecule has 4 rings (SSSR count). The van der Waals surface area contributed by atoms with Crippen molar-refractivity contribution in [3.63, 3.8) is 0 Å². The van der Waals surface area contributed by atoms with E-state index in [9.17, 15) is 4.79 Å². The van der Waals surface area contributed by atoms with Crippen LogP contribution in [0.25, 0.3) is 0 Å². The van der Waals surface area contributed by atoms with Gasteiger partial charge in [-0.25, -0.2) is 4.98 Å². The second-order valence-electron chi connectivity index (χ2n) is 6.56. The van der Waals surface area contributed by atoms with E-state index in [0.717, 1.165) is 12.8 Å². The van der Waals surface area contributed by atoms with Crippen LogP contribution < -0.4 is 9.47 Å². The largest absolute Gasteiger partial charge is 0.473 e. The van der Waals surface area contributed by atoms with Crippen molar-refractivity contribution in [2.45, 2.75) is 18.9 Å². The Bertz CT molecular complexity index is 911. The molecule has 0 saturated carbocycles. The average Bonchev–Trinajstić information content (AvgIpc) is 2.76. The SMILES string of the molecule is O=C(c1ccccc1Oc1ccccc1)N1CCC(Oc2cnccn2)CC1. The van der Waals surface area contributed by atoms with Gasteiger partial charge in [0.05, 0.1) is 11.8 Å². The molecule has 1 saturated heterocycles. The maximum Gasteiger partial charge on any atom is 0.257 e. The first kappa shape index (κ1) is 18.0. The molecule has 0 N–H and O–H groups in total. The summed E-state index contributed by atoms with van der Waals surface area (Å²) in [6, 6.07) is 16.8. The van der Waals surface area contributed by atoms with Crippen LogP contribution in [0.15, 0.2) is 73.2 Å². The summed E-state index contributed by atoms with van der Waals surface area (Å²) < 4.78 is 11.8. The van der Waals surface area contributed by atoms with Crippen LogP contribution in [0, 0.1) is 0 Å². The molecule has 1 amide bonds. The number of benzene rings is 2. The highest BCUT2D eigenvalue weighted by atomic mass is 16.5. The van der Waals surface area contributed by atoms with Gasteiger partial charge >= 0.3 is 0 Å². The van der Waals surface area contributed by atoms with Gasteiger partial charge in [0.2, 0.25) is 5.88 Å². The van der Waals surface area contributed by atoms with E-state index in [1.807, 2.05) is 59.5 Å². The summed E-state index contributed by atoms with van der Waals surface area (Å²) >= 11 is 0. The molecule has 2 aromatic carbocycles. The summed E-state index contributed by atoms with van der Waals surface area (Å²) in [5.74, 6) is 1.77. The third-order valence-electron chi connectivity index (χ3n) is 4.64. The molecule has 0 spiro atoms. The predicted octanol–water partition coefficient (Wildman–Crippen LogP) is 3.95. The van der Waals surface area contributed by atoms with Crippen LogP contribution in [-0.2, 0) is 0 Å². The molecule has 1 aliphatic heterocycles. The summed E-state index contributed by atoms with van der Waals surface area (Å²) in [5.41, 5.74) is 0.569. The van der Waals surface area contributed by atoms with Gasteiger partial charge in [0.1, 0.15) is 17.6 Å². The smallest absolute Gasteiger partial charge is 0.257 e. The van der Waals surface area contributed by atoms with Crippen LogP contribution in [0.5, 0.6) is 17.4 Å². The van der Waals surface area contributed by atoms with E-state index < -0.39 is 0 Å². The first-order valence-electron chi connectivity index (χ1n) is 9.33. The van der Waals surface area contributed by atoms with E-state index >= 15 is 0 Å². The highest BCUT2D eigenvalue weighted by Gasteiger charge is 2.26. The molecule has 1 fully saturated rings. The van der Waals surface area contributed by atoms with Gasteiger partial charge in [-0.15, -0.1) is 0 Å². The number of rotatable bonds is 5. The maximum absolute atomic E-state index is 13.1. The molecule has 0 bridgehead atoms. The average molecular weight is 375 g/mol. The summed E-state index contributed by atoms with van der Waals surface area (Å²) in [7, 11) is 0. The van der Waals surface area contributed by atoms with Gasteiger partial charge in [-0.1, -0.05) is 30.3 Å². The Morgan fingerprint density at radius 2 is 1.71 bits per heavy atom. The van der Waals surface area contributed by atoms with Crippen molar-refractivity contribution < 1.29 is 14.3 Å². The summed E-state index contributed by atoms with van der Waals surface area (Å²) in [6.07, 6.45) is 6.38. The standard InChI is InChI=1S/C22H21N3O3/c26-22(19-8-4-5-9-20(19)27-17-6-2-1-3-7-17)25-14-10-18(11-15-25)28-21-16-23-12-13-24-21/h1-9,12-13,16,18H,10-11,14-15H2. The molecule has 2 heterocycles. The second kappa shape index (κ2) is 8.52. The molecule has 6 heteroatoms. The van der Waals surface area contributed by atoms with Gasteiger partial charge in [0, 0.05) is 38.3 Å². The van der Waals surface area contributed by atoms with Crippen LogP contribution in [0.1, 0.15) is 23.2 Å². The summed E-state index contributed by atoms with van der Waals surface area (Å²) in [4.78, 5) is 23.1. The van der Waals surface area contributed by atoms with Crippen molar-refractivity contribution in [2.75, 3.05) is 13.1 Å². The Hall–Kier alpha value is -3.41. The summed E-state index contributed by atoms with van der Waals surface area (Å²) in [6.45, 7) is 1.26. The lowest BCUT2D eigenvalue weighted by molar-refractivity contribution is 0.0585.